The number of nitrogens with one attached hydrogen (secondary N) is 2. The molecule has 122 valence electrons. The highest BCUT2D eigenvalue weighted by Gasteiger charge is 2.29. The van der Waals surface area contributed by atoms with Crippen molar-refractivity contribution < 1.29 is 9.18 Å². The lowest BCUT2D eigenvalue weighted by molar-refractivity contribution is 0.160. The first-order chi connectivity index (χ1) is 11.2. The fourth-order valence-electron chi connectivity index (χ4n) is 2.86. The zero-order valence-corrected chi connectivity index (χ0v) is 13.7. The number of hydrogen-bond acceptors (Lipinski definition) is 3. The molecule has 0 bridgehead atoms. The van der Waals surface area contributed by atoms with Crippen LogP contribution in [0.2, 0.25) is 0 Å². The first-order valence-electron chi connectivity index (χ1n) is 7.59. The van der Waals surface area contributed by atoms with Gasteiger partial charge in [-0.15, -0.1) is 11.8 Å². The van der Waals surface area contributed by atoms with Gasteiger partial charge in [0.2, 0.25) is 0 Å². The van der Waals surface area contributed by atoms with Gasteiger partial charge in [-0.2, -0.15) is 0 Å². The Balaban J connectivity index is 1.74. The smallest absolute Gasteiger partial charge is 0.322 e. The summed E-state index contributed by atoms with van der Waals surface area (Å²) in [6, 6.07) is 4.47. The minimum Gasteiger partial charge on any atom is -0.347 e. The van der Waals surface area contributed by atoms with Gasteiger partial charge < -0.3 is 15.2 Å². The normalized spacial score (nSPS) is 18.0. The van der Waals surface area contributed by atoms with Crippen LogP contribution in [-0.2, 0) is 0 Å². The Bertz CT molecular complexity index is 677. The molecular weight excluding hydrogens is 315 g/mol. The van der Waals surface area contributed by atoms with Crippen molar-refractivity contribution in [3.8, 4) is 0 Å². The van der Waals surface area contributed by atoms with Gasteiger partial charge in [-0.25, -0.2) is 14.2 Å². The molecule has 2 N–H and O–H groups in total. The predicted octanol–water partition coefficient (Wildman–Crippen LogP) is 4.03. The number of halogens is 1. The third kappa shape index (κ3) is 3.50. The summed E-state index contributed by atoms with van der Waals surface area (Å²) >= 11 is 1.34. The molecule has 1 fully saturated rings. The molecule has 23 heavy (non-hydrogen) atoms. The molecule has 0 saturated carbocycles. The van der Waals surface area contributed by atoms with E-state index >= 15 is 0 Å². The van der Waals surface area contributed by atoms with E-state index in [1.165, 1.54) is 17.8 Å². The Hall–Kier alpha value is -2.02. The van der Waals surface area contributed by atoms with Gasteiger partial charge in [0.1, 0.15) is 11.6 Å². The molecule has 5 nitrogen and oxygen atoms in total. The molecule has 1 aliphatic heterocycles. The van der Waals surface area contributed by atoms with E-state index in [1.807, 2.05) is 6.26 Å². The summed E-state index contributed by atoms with van der Waals surface area (Å²) < 4.78 is 13.8. The predicted molar refractivity (Wildman–Crippen MR) is 89.1 cm³/mol. The Labute approximate surface area is 138 Å². The van der Waals surface area contributed by atoms with E-state index in [2.05, 4.69) is 15.3 Å². The highest BCUT2D eigenvalue weighted by Crippen LogP contribution is 2.29. The van der Waals surface area contributed by atoms with Crippen molar-refractivity contribution in [1.29, 1.82) is 0 Å². The second-order valence-corrected chi connectivity index (χ2v) is 6.31. The number of carbonyl (C=O) groups excluding carboxylic acids is 1. The van der Waals surface area contributed by atoms with E-state index in [1.54, 1.807) is 29.4 Å². The number of imidazole rings is 1. The van der Waals surface area contributed by atoms with Gasteiger partial charge in [-0.1, -0.05) is 0 Å². The third-order valence-electron chi connectivity index (χ3n) is 4.00. The first-order valence-corrected chi connectivity index (χ1v) is 8.82. The monoisotopic (exact) mass is 334 g/mol. The van der Waals surface area contributed by atoms with Crippen molar-refractivity contribution in [2.75, 3.05) is 18.1 Å². The van der Waals surface area contributed by atoms with Gasteiger partial charge in [-0.3, -0.25) is 0 Å². The van der Waals surface area contributed by atoms with Crippen LogP contribution in [0, 0.1) is 5.82 Å². The number of rotatable bonds is 3. The number of carbonyl (C=O) groups is 1. The van der Waals surface area contributed by atoms with Crippen LogP contribution in [0.1, 0.15) is 31.1 Å². The van der Waals surface area contributed by atoms with Crippen LogP contribution in [-0.4, -0.2) is 33.7 Å². The molecule has 0 spiro atoms. The number of amides is 2. The number of thioether (sulfide) groups is 1. The van der Waals surface area contributed by atoms with E-state index in [9.17, 15) is 9.18 Å². The van der Waals surface area contributed by atoms with Crippen LogP contribution in [0.25, 0.3) is 0 Å². The zero-order valence-electron chi connectivity index (χ0n) is 12.9. The SMILES string of the molecule is CSc1ccc(NC(=O)N2CCCC[C@H]2c2ncc[nH]2)cc1F. The van der Waals surface area contributed by atoms with Crippen LogP contribution in [0.4, 0.5) is 14.9 Å². The van der Waals surface area contributed by atoms with Gasteiger partial charge >= 0.3 is 6.03 Å². The quantitative estimate of drug-likeness (QED) is 0.833. The van der Waals surface area contributed by atoms with Crippen molar-refractivity contribution >= 4 is 23.5 Å². The highest BCUT2D eigenvalue weighted by molar-refractivity contribution is 7.98. The number of likely N-dealkylation sites (tertiary alicyclic amines) is 1. The van der Waals surface area contributed by atoms with Crippen LogP contribution in [0.15, 0.2) is 35.5 Å². The van der Waals surface area contributed by atoms with E-state index in [0.29, 0.717) is 17.1 Å². The van der Waals surface area contributed by atoms with Gasteiger partial charge in [-0.05, 0) is 43.7 Å². The summed E-state index contributed by atoms with van der Waals surface area (Å²) in [5, 5.41) is 2.79. The van der Waals surface area contributed by atoms with Crippen LogP contribution >= 0.6 is 11.8 Å². The van der Waals surface area contributed by atoms with Gasteiger partial charge in [0.25, 0.3) is 0 Å². The largest absolute Gasteiger partial charge is 0.347 e. The number of H-pyrrole nitrogens is 1. The fourth-order valence-corrected chi connectivity index (χ4v) is 3.32. The number of nitrogens with zero attached hydrogens (tertiary/aromatic N) is 2. The van der Waals surface area contributed by atoms with E-state index in [4.69, 9.17) is 0 Å². The summed E-state index contributed by atoms with van der Waals surface area (Å²) in [6.07, 6.45) is 8.17. The fraction of sp³-hybridized carbons (Fsp3) is 0.375. The summed E-state index contributed by atoms with van der Waals surface area (Å²) in [7, 11) is 0. The standard InChI is InChI=1S/C16H19FN4OS/c1-23-14-6-5-11(10-12(14)17)20-16(22)21-9-3-2-4-13(21)15-18-7-8-19-15/h5-8,10,13H,2-4,9H2,1H3,(H,18,19)(H,20,22)/t13-/m0/s1. The third-order valence-corrected chi connectivity index (χ3v) is 4.77. The molecular formula is C16H19FN4OS. The molecule has 3 rings (SSSR count). The topological polar surface area (TPSA) is 61.0 Å². The number of anilines is 1. The number of hydrogen-bond donors (Lipinski definition) is 2. The van der Waals surface area contributed by atoms with E-state index in [0.717, 1.165) is 25.1 Å². The van der Waals surface area contributed by atoms with Crippen LogP contribution < -0.4 is 5.32 Å². The van der Waals surface area contributed by atoms with E-state index < -0.39 is 0 Å². The number of benzene rings is 1. The summed E-state index contributed by atoms with van der Waals surface area (Å²) in [6.45, 7) is 0.669. The maximum atomic E-state index is 13.8. The number of aromatic amines is 1. The molecule has 1 aliphatic rings. The van der Waals surface area contributed by atoms with Crippen LogP contribution in [0.5, 0.6) is 0 Å². The van der Waals surface area contributed by atoms with Gasteiger partial charge in [0, 0.05) is 29.5 Å². The molecule has 1 saturated heterocycles. The number of aromatic nitrogens is 2. The lowest BCUT2D eigenvalue weighted by Gasteiger charge is -2.34. The van der Waals surface area contributed by atoms with Crippen molar-refractivity contribution in [1.82, 2.24) is 14.9 Å². The van der Waals surface area contributed by atoms with Crippen LogP contribution in [0.3, 0.4) is 0 Å². The first kappa shape index (κ1) is 15.9. The Morgan fingerprint density at radius 3 is 3.04 bits per heavy atom. The summed E-state index contributed by atoms with van der Waals surface area (Å²) in [4.78, 5) is 22.3. The Morgan fingerprint density at radius 1 is 1.48 bits per heavy atom. The molecule has 0 radical (unpaired) electrons. The van der Waals surface area contributed by atoms with Gasteiger partial charge in [0.15, 0.2) is 0 Å². The van der Waals surface area contributed by atoms with Crippen molar-refractivity contribution in [2.45, 2.75) is 30.2 Å². The molecule has 0 unspecified atom stereocenters. The molecule has 1 aromatic carbocycles. The Kier molecular flexibility index (Phi) is 4.85. The second-order valence-electron chi connectivity index (χ2n) is 5.46. The lowest BCUT2D eigenvalue weighted by atomic mass is 10.0. The Morgan fingerprint density at radius 2 is 2.35 bits per heavy atom. The average Bonchev–Trinajstić information content (AvgIpc) is 3.09. The van der Waals surface area contributed by atoms with Crippen molar-refractivity contribution in [3.63, 3.8) is 0 Å². The minimum absolute atomic E-state index is 0.0610. The van der Waals surface area contributed by atoms with Crippen molar-refractivity contribution in [3.05, 3.63) is 42.2 Å². The molecule has 2 amide bonds. The number of urea groups is 1. The number of piperidine rings is 1. The zero-order chi connectivity index (χ0) is 16.2. The highest BCUT2D eigenvalue weighted by atomic mass is 32.2. The maximum absolute atomic E-state index is 13.8. The lowest BCUT2D eigenvalue weighted by Crippen LogP contribution is -2.41. The van der Waals surface area contributed by atoms with E-state index in [-0.39, 0.29) is 17.9 Å². The molecule has 1 aromatic heterocycles. The minimum atomic E-state index is -0.323. The maximum Gasteiger partial charge on any atom is 0.322 e. The average molecular weight is 334 g/mol. The molecule has 7 heteroatoms. The molecule has 2 heterocycles. The molecule has 1 atom stereocenters. The second kappa shape index (κ2) is 7.04. The molecule has 2 aromatic rings. The molecule has 0 aliphatic carbocycles. The summed E-state index contributed by atoms with van der Waals surface area (Å²) in [5.74, 6) is 0.472. The summed E-state index contributed by atoms with van der Waals surface area (Å²) in [5.41, 5.74) is 0.467. The van der Waals surface area contributed by atoms with Crippen molar-refractivity contribution in [2.24, 2.45) is 0 Å². The van der Waals surface area contributed by atoms with Gasteiger partial charge in [0.05, 0.1) is 6.04 Å².